The molecule has 7 rings (SSSR count). The van der Waals surface area contributed by atoms with E-state index in [0.29, 0.717) is 36.2 Å². The van der Waals surface area contributed by atoms with Crippen molar-refractivity contribution in [2.45, 2.75) is 25.3 Å². The molecule has 0 saturated carbocycles. The predicted molar refractivity (Wildman–Crippen MR) is 135 cm³/mol. The molecule has 2 aliphatic rings. The Hall–Kier alpha value is -4.05. The number of benzene rings is 1. The number of hydrogen-bond acceptors (Lipinski definition) is 7. The molecule has 1 aliphatic heterocycles. The lowest BCUT2D eigenvalue weighted by Crippen LogP contribution is -2.36. The first-order valence-corrected chi connectivity index (χ1v) is 12.3. The molecule has 1 saturated heterocycles. The van der Waals surface area contributed by atoms with Crippen LogP contribution in [-0.4, -0.2) is 61.9 Å². The average Bonchev–Trinajstić information content (AvgIpc) is 3.51. The van der Waals surface area contributed by atoms with Crippen LogP contribution in [0.2, 0.25) is 0 Å². The maximum atomic E-state index is 14.0. The van der Waals surface area contributed by atoms with E-state index >= 15 is 0 Å². The van der Waals surface area contributed by atoms with Crippen LogP contribution in [0.15, 0.2) is 48.9 Å². The zero-order chi connectivity index (χ0) is 24.1. The van der Waals surface area contributed by atoms with Crippen molar-refractivity contribution in [3.05, 3.63) is 66.0 Å². The fraction of sp³-hybridized carbons (Fsp3) is 0.308. The van der Waals surface area contributed by atoms with Crippen molar-refractivity contribution in [3.63, 3.8) is 0 Å². The number of rotatable bonds is 4. The van der Waals surface area contributed by atoms with Gasteiger partial charge in [0.15, 0.2) is 11.5 Å². The lowest BCUT2D eigenvalue weighted by molar-refractivity contribution is 0.123. The number of aromatic amines is 1. The summed E-state index contributed by atoms with van der Waals surface area (Å²) in [4.78, 5) is 19.4. The third-order valence-corrected chi connectivity index (χ3v) is 7.09. The Bertz CT molecular complexity index is 1570. The summed E-state index contributed by atoms with van der Waals surface area (Å²) in [6, 6.07) is 10.0. The van der Waals surface area contributed by atoms with Crippen LogP contribution in [-0.2, 0) is 17.6 Å². The highest BCUT2D eigenvalue weighted by Crippen LogP contribution is 2.31. The topological polar surface area (TPSA) is 96.3 Å². The molecule has 5 heterocycles. The fourth-order valence-corrected chi connectivity index (χ4v) is 5.33. The quantitative estimate of drug-likeness (QED) is 0.402. The van der Waals surface area contributed by atoms with Crippen molar-refractivity contribution >= 4 is 28.2 Å². The van der Waals surface area contributed by atoms with Gasteiger partial charge in [0, 0.05) is 47.5 Å². The summed E-state index contributed by atoms with van der Waals surface area (Å²) < 4.78 is 21.3. The van der Waals surface area contributed by atoms with Gasteiger partial charge in [-0.25, -0.2) is 9.37 Å². The van der Waals surface area contributed by atoms with E-state index in [1.54, 1.807) is 10.7 Å². The number of para-hydroxylation sites is 1. The lowest BCUT2D eigenvalue weighted by atomic mass is 9.91. The Labute approximate surface area is 206 Å². The smallest absolute Gasteiger partial charge is 0.228 e. The normalized spacial score (nSPS) is 18.0. The third-order valence-electron chi connectivity index (χ3n) is 7.09. The minimum Gasteiger partial charge on any atom is -0.378 e. The van der Waals surface area contributed by atoms with Crippen molar-refractivity contribution in [2.75, 3.05) is 36.5 Å². The van der Waals surface area contributed by atoms with Gasteiger partial charge in [-0.15, -0.1) is 0 Å². The van der Waals surface area contributed by atoms with Gasteiger partial charge in [0.2, 0.25) is 5.95 Å². The Morgan fingerprint density at radius 3 is 2.86 bits per heavy atom. The van der Waals surface area contributed by atoms with E-state index < -0.39 is 5.82 Å². The number of anilines is 2. The molecule has 1 atom stereocenters. The van der Waals surface area contributed by atoms with E-state index in [4.69, 9.17) is 14.7 Å². The summed E-state index contributed by atoms with van der Waals surface area (Å²) in [6.07, 6.45) is 7.38. The van der Waals surface area contributed by atoms with E-state index in [1.807, 2.05) is 6.20 Å². The van der Waals surface area contributed by atoms with Gasteiger partial charge in [0.1, 0.15) is 11.5 Å². The molecule has 1 aromatic carbocycles. The number of H-pyrrole nitrogens is 1. The van der Waals surface area contributed by atoms with Crippen molar-refractivity contribution in [2.24, 2.45) is 0 Å². The van der Waals surface area contributed by atoms with Crippen LogP contribution >= 0.6 is 0 Å². The predicted octanol–water partition coefficient (Wildman–Crippen LogP) is 3.61. The Balaban J connectivity index is 1.29. The molecular formula is C26H25FN8O. The van der Waals surface area contributed by atoms with E-state index in [1.165, 1.54) is 34.4 Å². The number of nitrogens with zero attached hydrogens (tertiary/aromatic N) is 6. The number of fused-ring (bicyclic) bond motifs is 4. The number of aryl methyl sites for hydroxylation is 1. The monoisotopic (exact) mass is 484 g/mol. The number of nitrogens with one attached hydrogen (secondary N) is 2. The van der Waals surface area contributed by atoms with Crippen molar-refractivity contribution in [1.82, 2.24) is 29.5 Å². The molecule has 0 radical (unpaired) electrons. The number of morpholine rings is 1. The van der Waals surface area contributed by atoms with Crippen LogP contribution in [0.1, 0.15) is 17.7 Å². The zero-order valence-corrected chi connectivity index (χ0v) is 19.6. The summed E-state index contributed by atoms with van der Waals surface area (Å²) in [5.41, 5.74) is 5.95. The summed E-state index contributed by atoms with van der Waals surface area (Å²) >= 11 is 0. The number of halogens is 1. The molecule has 4 aromatic heterocycles. The van der Waals surface area contributed by atoms with Gasteiger partial charge in [-0.3, -0.25) is 4.98 Å². The minimum absolute atomic E-state index is 0.171. The lowest BCUT2D eigenvalue weighted by Gasteiger charge is -2.27. The second-order valence-electron chi connectivity index (χ2n) is 9.34. The zero-order valence-electron chi connectivity index (χ0n) is 19.6. The van der Waals surface area contributed by atoms with Gasteiger partial charge < -0.3 is 19.9 Å². The molecule has 10 heteroatoms. The van der Waals surface area contributed by atoms with Crippen LogP contribution in [0.4, 0.5) is 16.0 Å². The summed E-state index contributed by atoms with van der Waals surface area (Å²) in [5, 5.41) is 9.56. The van der Waals surface area contributed by atoms with Gasteiger partial charge in [-0.2, -0.15) is 14.6 Å². The highest BCUT2D eigenvalue weighted by Gasteiger charge is 2.25. The van der Waals surface area contributed by atoms with E-state index in [2.05, 4.69) is 49.5 Å². The van der Waals surface area contributed by atoms with Crippen LogP contribution in [0.3, 0.4) is 0 Å². The molecule has 2 N–H and O–H groups in total. The molecular weight excluding hydrogens is 459 g/mol. The summed E-state index contributed by atoms with van der Waals surface area (Å²) in [6.45, 7) is 2.83. The summed E-state index contributed by atoms with van der Waals surface area (Å²) in [7, 11) is 0. The Morgan fingerprint density at radius 2 is 1.97 bits per heavy atom. The van der Waals surface area contributed by atoms with Crippen LogP contribution in [0, 0.1) is 5.82 Å². The maximum absolute atomic E-state index is 14.0. The maximum Gasteiger partial charge on any atom is 0.228 e. The van der Waals surface area contributed by atoms with Crippen molar-refractivity contribution < 1.29 is 9.13 Å². The molecule has 9 nitrogen and oxygen atoms in total. The molecule has 1 fully saturated rings. The molecule has 1 aliphatic carbocycles. The Kier molecular flexibility index (Phi) is 5.05. The van der Waals surface area contributed by atoms with Gasteiger partial charge in [-0.1, -0.05) is 18.2 Å². The summed E-state index contributed by atoms with van der Waals surface area (Å²) in [5.74, 6) is 0.578. The molecule has 0 spiro atoms. The van der Waals surface area contributed by atoms with E-state index in [-0.39, 0.29) is 6.04 Å². The fourth-order valence-electron chi connectivity index (χ4n) is 5.33. The molecule has 0 bridgehead atoms. The first-order chi connectivity index (χ1) is 17.7. The van der Waals surface area contributed by atoms with Crippen LogP contribution in [0.25, 0.3) is 27.9 Å². The number of ether oxygens (including phenoxy) is 1. The Morgan fingerprint density at radius 1 is 1.08 bits per heavy atom. The first-order valence-electron chi connectivity index (χ1n) is 12.3. The molecule has 0 unspecified atom stereocenters. The minimum atomic E-state index is -0.425. The van der Waals surface area contributed by atoms with Crippen LogP contribution in [0.5, 0.6) is 0 Å². The first kappa shape index (κ1) is 21.3. The van der Waals surface area contributed by atoms with Crippen LogP contribution < -0.4 is 10.2 Å². The van der Waals surface area contributed by atoms with Gasteiger partial charge in [0.25, 0.3) is 0 Å². The van der Waals surface area contributed by atoms with Crippen molar-refractivity contribution in [3.8, 4) is 11.4 Å². The van der Waals surface area contributed by atoms with Gasteiger partial charge in [-0.05, 0) is 37.0 Å². The highest BCUT2D eigenvalue weighted by atomic mass is 19.1. The molecule has 36 heavy (non-hydrogen) atoms. The second-order valence-corrected chi connectivity index (χ2v) is 9.34. The second kappa shape index (κ2) is 8.56. The number of aromatic nitrogens is 6. The third kappa shape index (κ3) is 3.65. The largest absolute Gasteiger partial charge is 0.378 e. The number of pyridine rings is 1. The van der Waals surface area contributed by atoms with Crippen molar-refractivity contribution in [1.29, 1.82) is 0 Å². The van der Waals surface area contributed by atoms with E-state index in [9.17, 15) is 4.39 Å². The average molecular weight is 485 g/mol. The van der Waals surface area contributed by atoms with Gasteiger partial charge in [0.05, 0.1) is 25.6 Å². The molecule has 5 aromatic rings. The number of hydrogen-bond donors (Lipinski definition) is 2. The standard InChI is InChI=1S/C26H25FN8O/c27-17-11-16(13-28-14-17)24-32-25-23(34-7-9-36-10-8-34)15-29-35(25)26(33-24)30-18-5-6-22-20(12-18)19-3-1-2-4-21(19)31-22/h1-4,11,13-15,18,31H,5-10,12H2,(H,30,32,33)/t18-/m1/s1. The molecule has 182 valence electrons. The highest BCUT2D eigenvalue weighted by molar-refractivity contribution is 5.85. The molecule has 0 amide bonds. The van der Waals surface area contributed by atoms with E-state index in [0.717, 1.165) is 38.0 Å². The SMILES string of the molecule is Fc1cncc(-c2nc(N[C@@H]3CCc4[nH]c5ccccc5c4C3)n3ncc(N4CCOCC4)c3n2)c1. The van der Waals surface area contributed by atoms with Gasteiger partial charge >= 0.3 is 0 Å².